The monoisotopic (exact) mass is 426 g/mol. The predicted octanol–water partition coefficient (Wildman–Crippen LogP) is 2.01. The molecule has 3 amide bonds. The van der Waals surface area contributed by atoms with Gasteiger partial charge >= 0.3 is 5.97 Å². The fourth-order valence-electron chi connectivity index (χ4n) is 5.00. The van der Waals surface area contributed by atoms with E-state index in [4.69, 9.17) is 9.47 Å². The Morgan fingerprint density at radius 1 is 1.13 bits per heavy atom. The van der Waals surface area contributed by atoms with Crippen LogP contribution in [-0.2, 0) is 23.9 Å². The van der Waals surface area contributed by atoms with Gasteiger partial charge in [0.25, 0.3) is 5.91 Å². The summed E-state index contributed by atoms with van der Waals surface area (Å²) in [7, 11) is 1.52. The maximum absolute atomic E-state index is 13.0. The van der Waals surface area contributed by atoms with Crippen molar-refractivity contribution in [2.45, 2.75) is 26.3 Å². The molecule has 1 saturated heterocycles. The fraction of sp³-hybridized carbons (Fsp3) is 0.478. The summed E-state index contributed by atoms with van der Waals surface area (Å²) in [6.45, 7) is 2.99. The topological polar surface area (TPSA) is 102 Å². The first-order chi connectivity index (χ1) is 14.8. The minimum absolute atomic E-state index is 0.0638. The van der Waals surface area contributed by atoms with E-state index in [-0.39, 0.29) is 41.4 Å². The Labute approximate surface area is 180 Å². The van der Waals surface area contributed by atoms with Crippen molar-refractivity contribution in [1.29, 1.82) is 0 Å². The van der Waals surface area contributed by atoms with Gasteiger partial charge in [-0.2, -0.15) is 0 Å². The number of hydrogen-bond acceptors (Lipinski definition) is 6. The zero-order chi connectivity index (χ0) is 22.3. The third-order valence-electron chi connectivity index (χ3n) is 6.35. The number of nitrogens with zero attached hydrogens (tertiary/aromatic N) is 1. The van der Waals surface area contributed by atoms with Gasteiger partial charge in [0, 0.05) is 11.8 Å². The summed E-state index contributed by atoms with van der Waals surface area (Å²) in [5.74, 6) is -2.28. The van der Waals surface area contributed by atoms with Crippen LogP contribution in [0.2, 0.25) is 0 Å². The fourth-order valence-corrected chi connectivity index (χ4v) is 5.00. The number of fused-ring (bicyclic) bond motifs is 5. The van der Waals surface area contributed by atoms with Crippen molar-refractivity contribution in [3.63, 3.8) is 0 Å². The van der Waals surface area contributed by atoms with E-state index >= 15 is 0 Å². The summed E-state index contributed by atoms with van der Waals surface area (Å²) in [4.78, 5) is 52.3. The number of amides is 3. The molecule has 8 heteroatoms. The van der Waals surface area contributed by atoms with Gasteiger partial charge in [0.05, 0.1) is 18.9 Å². The van der Waals surface area contributed by atoms with E-state index in [1.54, 1.807) is 38.1 Å². The van der Waals surface area contributed by atoms with Gasteiger partial charge in [-0.1, -0.05) is 32.1 Å². The Morgan fingerprint density at radius 3 is 2.35 bits per heavy atom. The summed E-state index contributed by atoms with van der Waals surface area (Å²) in [5, 5.41) is 2.63. The first-order valence-corrected chi connectivity index (χ1v) is 10.5. The zero-order valence-electron chi connectivity index (χ0n) is 17.7. The Hall–Kier alpha value is -3.16. The van der Waals surface area contributed by atoms with Gasteiger partial charge in [0.2, 0.25) is 11.8 Å². The van der Waals surface area contributed by atoms with Crippen LogP contribution < -0.4 is 10.1 Å². The molecule has 0 spiro atoms. The molecule has 1 saturated carbocycles. The van der Waals surface area contributed by atoms with Crippen LogP contribution in [0.4, 0.5) is 5.69 Å². The number of likely N-dealkylation sites (tertiary alicyclic amines) is 1. The number of rotatable bonds is 7. The second-order valence-electron chi connectivity index (χ2n) is 8.62. The number of nitrogens with one attached hydrogen (secondary N) is 1. The molecule has 1 aromatic rings. The minimum atomic E-state index is -1.05. The van der Waals surface area contributed by atoms with E-state index in [1.165, 1.54) is 7.11 Å². The molecule has 164 valence electrons. The number of benzene rings is 1. The molecule has 1 heterocycles. The van der Waals surface area contributed by atoms with Gasteiger partial charge in [-0.25, -0.2) is 4.79 Å². The van der Waals surface area contributed by atoms with Crippen LogP contribution in [0.25, 0.3) is 0 Å². The maximum Gasteiger partial charge on any atom is 0.330 e. The molecular formula is C23H26N2O6. The molecule has 8 nitrogen and oxygen atoms in total. The molecule has 2 fully saturated rings. The van der Waals surface area contributed by atoms with E-state index in [1.807, 2.05) is 12.2 Å². The SMILES string of the molecule is COc1cccc(NC(=O)COC(=O)[C@@H](C(C)C)N2C(=O)[C@@H]3[C@H](C2=O)[C@H]2C=C[C@H]3C2)c1. The summed E-state index contributed by atoms with van der Waals surface area (Å²) >= 11 is 0. The van der Waals surface area contributed by atoms with Crippen LogP contribution in [0.15, 0.2) is 36.4 Å². The van der Waals surface area contributed by atoms with Crippen molar-refractivity contribution >= 4 is 29.4 Å². The number of hydrogen-bond donors (Lipinski definition) is 1. The van der Waals surface area contributed by atoms with Crippen LogP contribution >= 0.6 is 0 Å². The highest BCUT2D eigenvalue weighted by Crippen LogP contribution is 2.53. The molecule has 1 aliphatic heterocycles. The molecule has 2 bridgehead atoms. The molecule has 5 atom stereocenters. The molecule has 4 rings (SSSR count). The molecule has 1 N–H and O–H groups in total. The van der Waals surface area contributed by atoms with Crippen LogP contribution in [0.1, 0.15) is 20.3 Å². The molecule has 3 aliphatic rings. The molecule has 31 heavy (non-hydrogen) atoms. The minimum Gasteiger partial charge on any atom is -0.497 e. The number of carbonyl (C=O) groups is 4. The van der Waals surface area contributed by atoms with E-state index in [2.05, 4.69) is 5.32 Å². The van der Waals surface area contributed by atoms with Gasteiger partial charge in [0.15, 0.2) is 6.61 Å². The number of anilines is 1. The third-order valence-corrected chi connectivity index (χ3v) is 6.35. The van der Waals surface area contributed by atoms with Crippen molar-refractivity contribution in [3.8, 4) is 5.75 Å². The van der Waals surface area contributed by atoms with E-state index in [0.29, 0.717) is 11.4 Å². The van der Waals surface area contributed by atoms with Crippen molar-refractivity contribution in [1.82, 2.24) is 4.90 Å². The van der Waals surface area contributed by atoms with Crippen molar-refractivity contribution in [3.05, 3.63) is 36.4 Å². The predicted molar refractivity (Wildman–Crippen MR) is 111 cm³/mol. The van der Waals surface area contributed by atoms with Crippen LogP contribution in [0, 0.1) is 29.6 Å². The standard InChI is InChI=1S/C23H26N2O6/c1-12(2)20(25-21(27)18-13-7-8-14(9-13)19(18)22(25)28)23(29)31-11-17(26)24-15-5-4-6-16(10-15)30-3/h4-8,10,12-14,18-20H,9,11H2,1-3H3,(H,24,26)/t13-,14-,18-,19+,20+/m0/s1. The van der Waals surface area contributed by atoms with E-state index < -0.39 is 24.5 Å². The lowest BCUT2D eigenvalue weighted by Gasteiger charge is -2.28. The largest absolute Gasteiger partial charge is 0.497 e. The molecule has 0 radical (unpaired) electrons. The average Bonchev–Trinajstić information content (AvgIpc) is 3.42. The van der Waals surface area contributed by atoms with E-state index in [0.717, 1.165) is 11.3 Å². The van der Waals surface area contributed by atoms with Crippen LogP contribution in [0.5, 0.6) is 5.75 Å². The molecule has 0 unspecified atom stereocenters. The Morgan fingerprint density at radius 2 is 1.77 bits per heavy atom. The van der Waals surface area contributed by atoms with Crippen LogP contribution in [-0.4, -0.2) is 48.3 Å². The second-order valence-corrected chi connectivity index (χ2v) is 8.62. The molecule has 2 aliphatic carbocycles. The Bertz CT molecular complexity index is 925. The molecule has 0 aromatic heterocycles. The van der Waals surface area contributed by atoms with Crippen molar-refractivity contribution in [2.75, 3.05) is 19.0 Å². The lowest BCUT2D eigenvalue weighted by Crippen LogP contribution is -2.50. The lowest BCUT2D eigenvalue weighted by molar-refractivity contribution is -0.162. The Balaban J connectivity index is 1.41. The van der Waals surface area contributed by atoms with Gasteiger partial charge in [0.1, 0.15) is 11.8 Å². The van der Waals surface area contributed by atoms with Gasteiger partial charge in [-0.05, 0) is 36.3 Å². The number of allylic oxidation sites excluding steroid dienone is 2. The van der Waals surface area contributed by atoms with Crippen molar-refractivity contribution < 1.29 is 28.7 Å². The van der Waals surface area contributed by atoms with Gasteiger partial charge in [-0.3, -0.25) is 19.3 Å². The smallest absolute Gasteiger partial charge is 0.330 e. The number of ether oxygens (including phenoxy) is 2. The third kappa shape index (κ3) is 3.71. The maximum atomic E-state index is 13.0. The summed E-state index contributed by atoms with van der Waals surface area (Å²) < 4.78 is 10.3. The number of carbonyl (C=O) groups excluding carboxylic acids is 4. The summed E-state index contributed by atoms with van der Waals surface area (Å²) in [6, 6.07) is 5.73. The Kier molecular flexibility index (Phi) is 5.56. The first-order valence-electron chi connectivity index (χ1n) is 10.5. The number of imide groups is 1. The normalized spacial score (nSPS) is 26.9. The molecular weight excluding hydrogens is 400 g/mol. The number of esters is 1. The highest BCUT2D eigenvalue weighted by molar-refractivity contribution is 6.09. The molecule has 1 aromatic carbocycles. The average molecular weight is 426 g/mol. The zero-order valence-corrected chi connectivity index (χ0v) is 17.7. The number of methoxy groups -OCH3 is 1. The summed E-state index contributed by atoms with van der Waals surface area (Å²) in [6.07, 6.45) is 4.83. The highest BCUT2D eigenvalue weighted by atomic mass is 16.5. The lowest BCUT2D eigenvalue weighted by atomic mass is 9.85. The van der Waals surface area contributed by atoms with Gasteiger partial charge < -0.3 is 14.8 Å². The first kappa shape index (κ1) is 21.1. The van der Waals surface area contributed by atoms with Gasteiger partial charge in [-0.15, -0.1) is 0 Å². The van der Waals surface area contributed by atoms with E-state index in [9.17, 15) is 19.2 Å². The van der Waals surface area contributed by atoms with Crippen LogP contribution in [0.3, 0.4) is 0 Å². The quantitative estimate of drug-likeness (QED) is 0.407. The second kappa shape index (κ2) is 8.17. The summed E-state index contributed by atoms with van der Waals surface area (Å²) in [5.41, 5.74) is 0.501. The van der Waals surface area contributed by atoms with Crippen molar-refractivity contribution in [2.24, 2.45) is 29.6 Å². The highest BCUT2D eigenvalue weighted by Gasteiger charge is 2.61.